The quantitative estimate of drug-likeness (QED) is 0.459. The van der Waals surface area contributed by atoms with Crippen molar-refractivity contribution in [3.05, 3.63) is 0 Å². The van der Waals surface area contributed by atoms with Crippen molar-refractivity contribution in [1.29, 1.82) is 10.5 Å². The van der Waals surface area contributed by atoms with Gasteiger partial charge in [0.25, 0.3) is 0 Å². The molecular formula is C12H20Br2N2. The van der Waals surface area contributed by atoms with Crippen LogP contribution in [0.5, 0.6) is 0 Å². The minimum Gasteiger partial charge on any atom is -0.198 e. The van der Waals surface area contributed by atoms with Crippen LogP contribution < -0.4 is 0 Å². The van der Waals surface area contributed by atoms with Gasteiger partial charge in [0.05, 0.1) is 12.1 Å². The molecule has 0 spiro atoms. The summed E-state index contributed by atoms with van der Waals surface area (Å²) in [4.78, 5) is 0. The van der Waals surface area contributed by atoms with E-state index >= 15 is 0 Å². The second-order valence-corrected chi connectivity index (χ2v) is 4.90. The molecule has 92 valence electrons. The van der Waals surface area contributed by atoms with Crippen LogP contribution in [0.15, 0.2) is 0 Å². The van der Waals surface area contributed by atoms with Crippen LogP contribution >= 0.6 is 31.9 Å². The summed E-state index contributed by atoms with van der Waals surface area (Å²) in [5.41, 5.74) is 0. The molecule has 0 atom stereocenters. The Morgan fingerprint density at radius 1 is 0.625 bits per heavy atom. The van der Waals surface area contributed by atoms with E-state index in [2.05, 4.69) is 44.0 Å². The fraction of sp³-hybridized carbons (Fsp3) is 0.833. The maximum absolute atomic E-state index is 8.10. The molecule has 0 aromatic rings. The second kappa shape index (κ2) is 20.4. The van der Waals surface area contributed by atoms with E-state index in [1.54, 1.807) is 0 Å². The zero-order valence-electron chi connectivity index (χ0n) is 9.72. The third-order valence-electron chi connectivity index (χ3n) is 1.84. The van der Waals surface area contributed by atoms with Gasteiger partial charge in [-0.15, -0.1) is 0 Å². The van der Waals surface area contributed by atoms with E-state index in [0.29, 0.717) is 12.8 Å². The molecule has 2 nitrogen and oxygen atoms in total. The van der Waals surface area contributed by atoms with Gasteiger partial charge in [0, 0.05) is 23.5 Å². The van der Waals surface area contributed by atoms with Crippen molar-refractivity contribution in [1.82, 2.24) is 0 Å². The Balaban J connectivity index is 0. The first-order valence-electron chi connectivity index (χ1n) is 5.69. The van der Waals surface area contributed by atoms with E-state index in [4.69, 9.17) is 10.5 Å². The van der Waals surface area contributed by atoms with Gasteiger partial charge in [-0.05, 0) is 25.7 Å². The summed E-state index contributed by atoms with van der Waals surface area (Å²) in [6, 6.07) is 4.22. The number of unbranched alkanes of at least 4 members (excludes halogenated alkanes) is 6. The minimum atomic E-state index is 0.715. The van der Waals surface area contributed by atoms with Crippen molar-refractivity contribution in [2.75, 3.05) is 10.7 Å². The lowest BCUT2D eigenvalue weighted by Gasteiger charge is -1.88. The number of rotatable bonds is 8. The molecule has 16 heavy (non-hydrogen) atoms. The molecule has 0 N–H and O–H groups in total. The third kappa shape index (κ3) is 23.6. The van der Waals surface area contributed by atoms with Crippen LogP contribution in [0, 0.1) is 22.7 Å². The smallest absolute Gasteiger partial charge is 0.0621 e. The van der Waals surface area contributed by atoms with E-state index in [1.165, 1.54) is 25.7 Å². The Morgan fingerprint density at radius 3 is 1.25 bits per heavy atom. The molecule has 0 bridgehead atoms. The highest BCUT2D eigenvalue weighted by Gasteiger charge is 1.84. The van der Waals surface area contributed by atoms with Crippen LogP contribution in [-0.4, -0.2) is 10.7 Å². The van der Waals surface area contributed by atoms with Crippen LogP contribution in [0.1, 0.15) is 51.4 Å². The second-order valence-electron chi connectivity index (χ2n) is 3.32. The van der Waals surface area contributed by atoms with E-state index in [-0.39, 0.29) is 0 Å². The molecule has 0 amide bonds. The predicted octanol–water partition coefficient (Wildman–Crippen LogP) is 4.93. The first kappa shape index (κ1) is 18.3. The lowest BCUT2D eigenvalue weighted by Crippen LogP contribution is -1.75. The summed E-state index contributed by atoms with van der Waals surface area (Å²) in [5, 5.41) is 18.3. The average molecular weight is 352 g/mol. The largest absolute Gasteiger partial charge is 0.198 e. The third-order valence-corrected chi connectivity index (χ3v) is 2.97. The zero-order valence-corrected chi connectivity index (χ0v) is 12.9. The van der Waals surface area contributed by atoms with Gasteiger partial charge in [-0.1, -0.05) is 44.7 Å². The molecule has 0 rings (SSSR count). The summed E-state index contributed by atoms with van der Waals surface area (Å²) in [5.74, 6) is 0. The highest BCUT2D eigenvalue weighted by atomic mass is 79.9. The van der Waals surface area contributed by atoms with Gasteiger partial charge in [-0.2, -0.15) is 10.5 Å². The molecule has 0 radical (unpaired) electrons. The predicted molar refractivity (Wildman–Crippen MR) is 75.8 cm³/mol. The van der Waals surface area contributed by atoms with Crippen molar-refractivity contribution in [2.24, 2.45) is 0 Å². The number of alkyl halides is 2. The maximum atomic E-state index is 8.10. The molecule has 0 aromatic heterocycles. The fourth-order valence-electron chi connectivity index (χ4n) is 0.951. The molecule has 0 heterocycles. The highest BCUT2D eigenvalue weighted by molar-refractivity contribution is 9.09. The van der Waals surface area contributed by atoms with Crippen LogP contribution in [0.3, 0.4) is 0 Å². The standard InChI is InChI=1S/2C6H10BrN/c2*7-5-3-1-2-4-6-8/h2*1-5H2. The lowest BCUT2D eigenvalue weighted by molar-refractivity contribution is 0.742. The minimum absolute atomic E-state index is 0.715. The summed E-state index contributed by atoms with van der Waals surface area (Å²) >= 11 is 6.64. The van der Waals surface area contributed by atoms with Crippen molar-refractivity contribution in [3.8, 4) is 12.1 Å². The Hall–Kier alpha value is -0.0600. The van der Waals surface area contributed by atoms with E-state index in [9.17, 15) is 0 Å². The van der Waals surface area contributed by atoms with Gasteiger partial charge in [0.2, 0.25) is 0 Å². The molecule has 0 aromatic carbocycles. The first-order chi connectivity index (χ1) is 7.83. The maximum Gasteiger partial charge on any atom is 0.0621 e. The average Bonchev–Trinajstić information content (AvgIpc) is 2.31. The normalized spacial score (nSPS) is 8.50. The molecule has 0 saturated heterocycles. The zero-order chi connectivity index (χ0) is 12.5. The first-order valence-corrected chi connectivity index (χ1v) is 7.93. The number of halogens is 2. The highest BCUT2D eigenvalue weighted by Crippen LogP contribution is 2.00. The number of nitrogens with zero attached hydrogens (tertiary/aromatic N) is 2. The van der Waals surface area contributed by atoms with Gasteiger partial charge in [0.15, 0.2) is 0 Å². The number of hydrogen-bond donors (Lipinski definition) is 0. The van der Waals surface area contributed by atoms with E-state index in [1.807, 2.05) is 0 Å². The Bertz CT molecular complexity index is 172. The molecule has 0 unspecified atom stereocenters. The Morgan fingerprint density at radius 2 is 1.00 bits per heavy atom. The number of nitriles is 2. The van der Waals surface area contributed by atoms with Crippen LogP contribution in [0.2, 0.25) is 0 Å². The van der Waals surface area contributed by atoms with E-state index < -0.39 is 0 Å². The monoisotopic (exact) mass is 350 g/mol. The SMILES string of the molecule is N#CCCCCCBr.N#CCCCCCBr. The van der Waals surface area contributed by atoms with Crippen molar-refractivity contribution in [3.63, 3.8) is 0 Å². The Labute approximate surface area is 116 Å². The molecule has 4 heteroatoms. The van der Waals surface area contributed by atoms with E-state index in [0.717, 1.165) is 23.5 Å². The van der Waals surface area contributed by atoms with Gasteiger partial charge in [-0.25, -0.2) is 0 Å². The van der Waals surface area contributed by atoms with Crippen LogP contribution in [0.4, 0.5) is 0 Å². The summed E-state index contributed by atoms with van der Waals surface area (Å²) in [6.07, 6.45) is 8.30. The molecular weight excluding hydrogens is 332 g/mol. The molecule has 0 aliphatic rings. The fourth-order valence-corrected chi connectivity index (χ4v) is 1.74. The van der Waals surface area contributed by atoms with Gasteiger partial charge < -0.3 is 0 Å². The van der Waals surface area contributed by atoms with Crippen molar-refractivity contribution < 1.29 is 0 Å². The molecule has 0 fully saturated rings. The van der Waals surface area contributed by atoms with Crippen molar-refractivity contribution >= 4 is 31.9 Å². The summed E-state index contributed by atoms with van der Waals surface area (Å²) < 4.78 is 0. The molecule has 0 aliphatic carbocycles. The van der Waals surface area contributed by atoms with Crippen LogP contribution in [-0.2, 0) is 0 Å². The summed E-state index contributed by atoms with van der Waals surface area (Å²) in [6.45, 7) is 0. The Kier molecular flexibility index (Phi) is 23.3. The summed E-state index contributed by atoms with van der Waals surface area (Å²) in [7, 11) is 0. The van der Waals surface area contributed by atoms with Crippen LogP contribution in [0.25, 0.3) is 0 Å². The number of hydrogen-bond acceptors (Lipinski definition) is 2. The van der Waals surface area contributed by atoms with Gasteiger partial charge in [-0.3, -0.25) is 0 Å². The van der Waals surface area contributed by atoms with Crippen molar-refractivity contribution in [2.45, 2.75) is 51.4 Å². The van der Waals surface area contributed by atoms with Gasteiger partial charge >= 0.3 is 0 Å². The topological polar surface area (TPSA) is 47.6 Å². The lowest BCUT2D eigenvalue weighted by atomic mass is 10.2. The molecule has 0 aliphatic heterocycles. The van der Waals surface area contributed by atoms with Gasteiger partial charge in [0.1, 0.15) is 0 Å². The molecule has 0 saturated carbocycles.